The molecule has 1 saturated carbocycles. The summed E-state index contributed by atoms with van der Waals surface area (Å²) in [6.07, 6.45) is 3.96. The summed E-state index contributed by atoms with van der Waals surface area (Å²) in [4.78, 5) is 12.2. The first-order valence-electron chi connectivity index (χ1n) is 8.18. The quantitative estimate of drug-likeness (QED) is 0.885. The molecule has 0 bridgehead atoms. The SMILES string of the molecule is Cc1ccccc1S(=O)(=O)NC(=O)NC1CCC(C(C)C)CC1. The van der Waals surface area contributed by atoms with Crippen LogP contribution >= 0.6 is 0 Å². The summed E-state index contributed by atoms with van der Waals surface area (Å²) < 4.78 is 26.7. The summed E-state index contributed by atoms with van der Waals surface area (Å²) in [5.74, 6) is 1.36. The molecule has 0 radical (unpaired) electrons. The number of rotatable bonds is 4. The molecule has 0 unspecified atom stereocenters. The second kappa shape index (κ2) is 7.34. The third-order valence-corrected chi connectivity index (χ3v) is 6.15. The topological polar surface area (TPSA) is 75.3 Å². The van der Waals surface area contributed by atoms with Crippen molar-refractivity contribution in [2.24, 2.45) is 11.8 Å². The highest BCUT2D eigenvalue weighted by Gasteiger charge is 2.26. The minimum Gasteiger partial charge on any atom is -0.335 e. The maximum atomic E-state index is 12.3. The maximum Gasteiger partial charge on any atom is 0.328 e. The summed E-state index contributed by atoms with van der Waals surface area (Å²) in [7, 11) is -3.83. The first-order chi connectivity index (χ1) is 10.8. The van der Waals surface area contributed by atoms with Crippen molar-refractivity contribution in [2.75, 3.05) is 0 Å². The van der Waals surface area contributed by atoms with Crippen molar-refractivity contribution in [1.29, 1.82) is 0 Å². The summed E-state index contributed by atoms with van der Waals surface area (Å²) in [6.45, 7) is 6.15. The van der Waals surface area contributed by atoms with Gasteiger partial charge in [0, 0.05) is 6.04 Å². The van der Waals surface area contributed by atoms with Gasteiger partial charge in [0.25, 0.3) is 10.0 Å². The van der Waals surface area contributed by atoms with Crippen molar-refractivity contribution >= 4 is 16.1 Å². The Labute approximate surface area is 138 Å². The minimum absolute atomic E-state index is 0.0528. The average Bonchev–Trinajstić information content (AvgIpc) is 2.47. The van der Waals surface area contributed by atoms with Gasteiger partial charge in [-0.25, -0.2) is 17.9 Å². The zero-order valence-electron chi connectivity index (χ0n) is 14.0. The van der Waals surface area contributed by atoms with Crippen molar-refractivity contribution in [2.45, 2.75) is 57.4 Å². The molecule has 1 aliphatic rings. The van der Waals surface area contributed by atoms with Crippen LogP contribution < -0.4 is 10.0 Å². The fraction of sp³-hybridized carbons (Fsp3) is 0.588. The van der Waals surface area contributed by atoms with E-state index >= 15 is 0 Å². The number of nitrogens with one attached hydrogen (secondary N) is 2. The van der Waals surface area contributed by atoms with Crippen LogP contribution in [0, 0.1) is 18.8 Å². The van der Waals surface area contributed by atoms with Gasteiger partial charge in [-0.15, -0.1) is 0 Å². The Morgan fingerprint density at radius 1 is 1.13 bits per heavy atom. The minimum atomic E-state index is -3.83. The van der Waals surface area contributed by atoms with E-state index < -0.39 is 16.1 Å². The number of amides is 2. The van der Waals surface area contributed by atoms with E-state index in [1.165, 1.54) is 6.07 Å². The van der Waals surface area contributed by atoms with E-state index in [1.54, 1.807) is 25.1 Å². The van der Waals surface area contributed by atoms with E-state index in [4.69, 9.17) is 0 Å². The lowest BCUT2D eigenvalue weighted by atomic mass is 9.80. The number of carbonyl (C=O) groups excluding carboxylic acids is 1. The molecule has 1 aromatic carbocycles. The van der Waals surface area contributed by atoms with Crippen LogP contribution in [-0.4, -0.2) is 20.5 Å². The van der Waals surface area contributed by atoms with Crippen molar-refractivity contribution in [3.05, 3.63) is 29.8 Å². The van der Waals surface area contributed by atoms with E-state index in [0.717, 1.165) is 25.7 Å². The number of aryl methyl sites for hydroxylation is 1. The van der Waals surface area contributed by atoms with Crippen LogP contribution in [0.2, 0.25) is 0 Å². The van der Waals surface area contributed by atoms with E-state index in [1.807, 2.05) is 0 Å². The first-order valence-corrected chi connectivity index (χ1v) is 9.67. The molecule has 1 aromatic rings. The largest absolute Gasteiger partial charge is 0.335 e. The number of hydrogen-bond acceptors (Lipinski definition) is 3. The van der Waals surface area contributed by atoms with Crippen LogP contribution in [0.15, 0.2) is 29.2 Å². The van der Waals surface area contributed by atoms with Gasteiger partial charge in [0.15, 0.2) is 0 Å². The Hall–Kier alpha value is -1.56. The molecular weight excluding hydrogens is 312 g/mol. The summed E-state index contributed by atoms with van der Waals surface area (Å²) >= 11 is 0. The normalized spacial score (nSPS) is 21.9. The number of carbonyl (C=O) groups is 1. The molecule has 2 rings (SSSR count). The molecule has 2 amide bonds. The number of sulfonamides is 1. The van der Waals surface area contributed by atoms with E-state index in [9.17, 15) is 13.2 Å². The highest BCUT2D eigenvalue weighted by atomic mass is 32.2. The predicted molar refractivity (Wildman–Crippen MR) is 90.6 cm³/mol. The van der Waals surface area contributed by atoms with E-state index in [0.29, 0.717) is 17.4 Å². The standard InChI is InChI=1S/C17H26N2O3S/c1-12(2)14-8-10-15(11-9-14)18-17(20)19-23(21,22)16-7-5-4-6-13(16)3/h4-7,12,14-15H,8-11H2,1-3H3,(H2,18,19,20). The summed E-state index contributed by atoms with van der Waals surface area (Å²) in [6, 6.07) is 6.03. The average molecular weight is 338 g/mol. The van der Waals surface area contributed by atoms with Gasteiger partial charge < -0.3 is 5.32 Å². The molecule has 0 spiro atoms. The Balaban J connectivity index is 1.92. The molecule has 1 aliphatic carbocycles. The maximum absolute atomic E-state index is 12.3. The van der Waals surface area contributed by atoms with Crippen LogP contribution in [-0.2, 0) is 10.0 Å². The molecule has 6 heteroatoms. The number of hydrogen-bond donors (Lipinski definition) is 2. The molecule has 128 valence electrons. The van der Waals surface area contributed by atoms with Gasteiger partial charge in [0.2, 0.25) is 0 Å². The third-order valence-electron chi connectivity index (χ3n) is 4.66. The molecule has 5 nitrogen and oxygen atoms in total. The molecule has 0 atom stereocenters. The molecule has 2 N–H and O–H groups in total. The third kappa shape index (κ3) is 4.70. The smallest absolute Gasteiger partial charge is 0.328 e. The highest BCUT2D eigenvalue weighted by molar-refractivity contribution is 7.90. The summed E-state index contributed by atoms with van der Waals surface area (Å²) in [5, 5.41) is 2.79. The zero-order valence-corrected chi connectivity index (χ0v) is 14.8. The zero-order chi connectivity index (χ0) is 17.0. The number of benzene rings is 1. The monoisotopic (exact) mass is 338 g/mol. The van der Waals surface area contributed by atoms with E-state index in [-0.39, 0.29) is 10.9 Å². The Morgan fingerprint density at radius 3 is 2.30 bits per heavy atom. The Morgan fingerprint density at radius 2 is 1.74 bits per heavy atom. The van der Waals surface area contributed by atoms with Gasteiger partial charge in [-0.05, 0) is 56.1 Å². The van der Waals surface area contributed by atoms with Gasteiger partial charge >= 0.3 is 6.03 Å². The van der Waals surface area contributed by atoms with Crippen LogP contribution in [0.25, 0.3) is 0 Å². The molecular formula is C17H26N2O3S. The molecule has 1 fully saturated rings. The molecule has 0 aromatic heterocycles. The van der Waals surface area contributed by atoms with E-state index in [2.05, 4.69) is 23.9 Å². The van der Waals surface area contributed by atoms with Crippen molar-refractivity contribution in [1.82, 2.24) is 10.0 Å². The molecule has 0 heterocycles. The van der Waals surface area contributed by atoms with Crippen molar-refractivity contribution in [3.8, 4) is 0 Å². The Kier molecular flexibility index (Phi) is 5.68. The second-order valence-electron chi connectivity index (χ2n) is 6.70. The lowest BCUT2D eigenvalue weighted by Crippen LogP contribution is -2.46. The van der Waals surface area contributed by atoms with Gasteiger partial charge in [-0.2, -0.15) is 0 Å². The lowest BCUT2D eigenvalue weighted by molar-refractivity contribution is 0.219. The van der Waals surface area contributed by atoms with Crippen molar-refractivity contribution in [3.63, 3.8) is 0 Å². The fourth-order valence-corrected chi connectivity index (χ4v) is 4.34. The summed E-state index contributed by atoms with van der Waals surface area (Å²) in [5.41, 5.74) is 0.616. The second-order valence-corrected chi connectivity index (χ2v) is 8.35. The Bertz CT molecular complexity index is 648. The molecule has 0 saturated heterocycles. The highest BCUT2D eigenvalue weighted by Crippen LogP contribution is 2.29. The number of urea groups is 1. The van der Waals surface area contributed by atoms with Crippen LogP contribution in [0.3, 0.4) is 0 Å². The first kappa shape index (κ1) is 17.8. The van der Waals surface area contributed by atoms with Crippen LogP contribution in [0.4, 0.5) is 4.79 Å². The van der Waals surface area contributed by atoms with Gasteiger partial charge in [-0.1, -0.05) is 32.0 Å². The predicted octanol–water partition coefficient (Wildman–Crippen LogP) is 3.20. The van der Waals surface area contributed by atoms with Gasteiger partial charge in [0.05, 0.1) is 4.90 Å². The molecule has 0 aliphatic heterocycles. The molecule has 23 heavy (non-hydrogen) atoms. The van der Waals surface area contributed by atoms with Crippen LogP contribution in [0.1, 0.15) is 45.1 Å². The van der Waals surface area contributed by atoms with Gasteiger partial charge in [0.1, 0.15) is 0 Å². The van der Waals surface area contributed by atoms with Crippen molar-refractivity contribution < 1.29 is 13.2 Å². The van der Waals surface area contributed by atoms with Crippen LogP contribution in [0.5, 0.6) is 0 Å². The van der Waals surface area contributed by atoms with Gasteiger partial charge in [-0.3, -0.25) is 0 Å². The fourth-order valence-electron chi connectivity index (χ4n) is 3.18. The lowest BCUT2D eigenvalue weighted by Gasteiger charge is -2.31.